The molecule has 0 bridgehead atoms. The van der Waals surface area contributed by atoms with Gasteiger partial charge < -0.3 is 15.3 Å². The van der Waals surface area contributed by atoms with Crippen molar-refractivity contribution >= 4 is 29.0 Å². The lowest BCUT2D eigenvalue weighted by atomic mass is 9.87. The molecule has 1 fully saturated rings. The molecule has 2 aliphatic heterocycles. The molecule has 5 aromatic rings. The number of nitrogens with one attached hydrogen (secondary N) is 1. The Labute approximate surface area is 293 Å². The summed E-state index contributed by atoms with van der Waals surface area (Å²) in [5.74, 6) is -1.08. The number of carbonyl (C=O) groups excluding carboxylic acids is 1. The molecular formula is C43H42N4O3. The first kappa shape index (κ1) is 33.0. The minimum atomic E-state index is -1.15. The van der Waals surface area contributed by atoms with Crippen molar-refractivity contribution in [2.75, 3.05) is 23.3 Å². The Morgan fingerprint density at radius 3 is 2.26 bits per heavy atom. The zero-order chi connectivity index (χ0) is 34.5. The fourth-order valence-corrected chi connectivity index (χ4v) is 7.41. The van der Waals surface area contributed by atoms with Gasteiger partial charge in [0, 0.05) is 29.9 Å². The Hall–Kier alpha value is -5.53. The van der Waals surface area contributed by atoms with Crippen LogP contribution in [0.2, 0.25) is 0 Å². The number of para-hydroxylation sites is 1. The highest BCUT2D eigenvalue weighted by molar-refractivity contribution is 6.17. The number of carboxylic acids is 1. The third-order valence-corrected chi connectivity index (χ3v) is 9.90. The number of anilines is 2. The number of aliphatic carboxylic acids is 1. The molecule has 0 unspecified atom stereocenters. The number of likely N-dealkylation sites (tertiary alicyclic amines) is 1. The van der Waals surface area contributed by atoms with E-state index in [-0.39, 0.29) is 11.9 Å². The maximum absolute atomic E-state index is 14.0. The number of aliphatic imine (C=N–C) groups is 1. The van der Waals surface area contributed by atoms with Crippen molar-refractivity contribution in [1.82, 2.24) is 4.90 Å². The van der Waals surface area contributed by atoms with Crippen LogP contribution in [0.3, 0.4) is 0 Å². The maximum atomic E-state index is 14.0. The summed E-state index contributed by atoms with van der Waals surface area (Å²) in [7, 11) is 0. The highest BCUT2D eigenvalue weighted by Gasteiger charge is 2.39. The quantitative estimate of drug-likeness (QED) is 0.150. The van der Waals surface area contributed by atoms with Gasteiger partial charge in [-0.2, -0.15) is 0 Å². The van der Waals surface area contributed by atoms with Crippen LogP contribution in [-0.2, 0) is 22.6 Å². The van der Waals surface area contributed by atoms with Crippen molar-refractivity contribution in [2.45, 2.75) is 50.9 Å². The average molecular weight is 663 g/mol. The Kier molecular flexibility index (Phi) is 9.85. The molecule has 0 radical (unpaired) electrons. The Morgan fingerprint density at radius 1 is 0.820 bits per heavy atom. The maximum Gasteiger partial charge on any atom is 0.330 e. The number of amides is 1. The summed E-state index contributed by atoms with van der Waals surface area (Å²) >= 11 is 0. The average Bonchev–Trinajstić information content (AvgIpc) is 3.61. The second kappa shape index (κ2) is 14.9. The third-order valence-electron chi connectivity index (χ3n) is 9.90. The molecule has 2 aliphatic rings. The van der Waals surface area contributed by atoms with E-state index >= 15 is 0 Å². The molecule has 2 heterocycles. The van der Waals surface area contributed by atoms with Crippen LogP contribution in [0.5, 0.6) is 0 Å². The monoisotopic (exact) mass is 662 g/mol. The van der Waals surface area contributed by atoms with Gasteiger partial charge in [-0.15, -0.1) is 0 Å². The van der Waals surface area contributed by atoms with E-state index in [0.717, 1.165) is 53.7 Å². The van der Waals surface area contributed by atoms with Crippen molar-refractivity contribution < 1.29 is 14.7 Å². The largest absolute Gasteiger partial charge is 0.480 e. The van der Waals surface area contributed by atoms with Crippen molar-refractivity contribution in [3.8, 4) is 0 Å². The van der Waals surface area contributed by atoms with Gasteiger partial charge in [0.25, 0.3) is 0 Å². The summed E-state index contributed by atoms with van der Waals surface area (Å²) in [6.07, 6.45) is 2.53. The number of benzene rings is 5. The van der Waals surface area contributed by atoms with Crippen LogP contribution < -0.4 is 10.2 Å². The fourth-order valence-electron chi connectivity index (χ4n) is 7.41. The second-order valence-electron chi connectivity index (χ2n) is 13.2. The van der Waals surface area contributed by atoms with Gasteiger partial charge in [-0.1, -0.05) is 121 Å². The molecule has 50 heavy (non-hydrogen) atoms. The third kappa shape index (κ3) is 7.09. The van der Waals surface area contributed by atoms with Gasteiger partial charge in [-0.25, -0.2) is 4.79 Å². The number of nitrogens with zero attached hydrogens (tertiary/aromatic N) is 3. The van der Waals surface area contributed by atoms with Crippen LogP contribution >= 0.6 is 0 Å². The first-order chi connectivity index (χ1) is 24.5. The van der Waals surface area contributed by atoms with Gasteiger partial charge >= 0.3 is 5.97 Å². The molecule has 0 aliphatic carbocycles. The molecule has 2 N–H and O–H groups in total. The van der Waals surface area contributed by atoms with Crippen molar-refractivity contribution in [1.29, 1.82) is 0 Å². The highest BCUT2D eigenvalue weighted by atomic mass is 16.4. The molecule has 3 atom stereocenters. The molecule has 0 aromatic heterocycles. The lowest BCUT2D eigenvalue weighted by molar-refractivity contribution is -0.139. The molecule has 0 spiro atoms. The molecule has 7 heteroatoms. The standard InChI is InChI=1S/C43H42N4O3/c1-30-22-24-34(25-23-30)47-28-26-32-15-8-9-18-35(32)41(47)40(43(49)50)45-39(33-16-6-3-7-17-33)36-19-10-11-20-37(36)44-42(48)38-21-12-27-46(38)29-31-13-4-2-5-14-31/h2-11,13-20,22-25,38,40-41H,12,21,26-29H2,1H3,(H,44,48)(H,49,50)/t38-,40-,41-/m0/s1. The van der Waals surface area contributed by atoms with Crippen molar-refractivity contribution in [3.05, 3.63) is 167 Å². The number of aryl methyl sites for hydroxylation is 1. The number of hydrogen-bond donors (Lipinski definition) is 2. The zero-order valence-corrected chi connectivity index (χ0v) is 28.3. The van der Waals surface area contributed by atoms with Gasteiger partial charge in [0.15, 0.2) is 6.04 Å². The van der Waals surface area contributed by atoms with Gasteiger partial charge in [0.05, 0.1) is 23.5 Å². The molecule has 0 saturated carbocycles. The SMILES string of the molecule is Cc1ccc(N2CCc3ccccc3[C@H]2[C@H](N=C(c2ccccc2)c2ccccc2NC(=O)[C@@H]2CCCN2Cc2ccccc2)C(=O)O)cc1. The molecule has 5 aromatic carbocycles. The van der Waals surface area contributed by atoms with E-state index in [9.17, 15) is 14.7 Å². The summed E-state index contributed by atoms with van der Waals surface area (Å²) in [4.78, 5) is 37.0. The lowest BCUT2D eigenvalue weighted by Crippen LogP contribution is -2.44. The van der Waals surface area contributed by atoms with Crippen molar-refractivity contribution in [3.63, 3.8) is 0 Å². The van der Waals surface area contributed by atoms with Crippen LogP contribution in [0.15, 0.2) is 138 Å². The minimum absolute atomic E-state index is 0.0696. The summed E-state index contributed by atoms with van der Waals surface area (Å²) in [5.41, 5.74) is 7.95. The Morgan fingerprint density at radius 2 is 1.50 bits per heavy atom. The molecule has 252 valence electrons. The highest BCUT2D eigenvalue weighted by Crippen LogP contribution is 2.38. The van der Waals surface area contributed by atoms with E-state index in [1.165, 1.54) is 5.56 Å². The normalized spacial score (nSPS) is 18.3. The number of rotatable bonds is 10. The van der Waals surface area contributed by atoms with Gasteiger partial charge in [0.2, 0.25) is 5.91 Å². The van der Waals surface area contributed by atoms with E-state index in [2.05, 4.69) is 57.6 Å². The molecule has 7 rings (SSSR count). The Balaban J connectivity index is 1.29. The van der Waals surface area contributed by atoms with Crippen LogP contribution in [0.1, 0.15) is 52.3 Å². The number of hydrogen-bond acceptors (Lipinski definition) is 5. The lowest BCUT2D eigenvalue weighted by Gasteiger charge is -2.41. The zero-order valence-electron chi connectivity index (χ0n) is 28.3. The van der Waals surface area contributed by atoms with E-state index in [4.69, 9.17) is 4.99 Å². The summed E-state index contributed by atoms with van der Waals surface area (Å²) in [5, 5.41) is 14.2. The smallest absolute Gasteiger partial charge is 0.330 e. The predicted octanol–water partition coefficient (Wildman–Crippen LogP) is 7.69. The van der Waals surface area contributed by atoms with Crippen LogP contribution in [0.4, 0.5) is 11.4 Å². The summed E-state index contributed by atoms with van der Waals surface area (Å²) < 4.78 is 0. The molecule has 7 nitrogen and oxygen atoms in total. The van der Waals surface area contributed by atoms with Gasteiger partial charge in [-0.3, -0.25) is 14.7 Å². The minimum Gasteiger partial charge on any atom is -0.480 e. The first-order valence-electron chi connectivity index (χ1n) is 17.4. The van der Waals surface area contributed by atoms with Crippen molar-refractivity contribution in [2.24, 2.45) is 4.99 Å². The second-order valence-corrected chi connectivity index (χ2v) is 13.2. The number of carbonyl (C=O) groups is 2. The molecule has 1 amide bonds. The van der Waals surface area contributed by atoms with Gasteiger partial charge in [0.1, 0.15) is 0 Å². The Bertz CT molecular complexity index is 1980. The van der Waals surface area contributed by atoms with Crippen LogP contribution in [0.25, 0.3) is 0 Å². The van der Waals surface area contributed by atoms with Gasteiger partial charge in [-0.05, 0) is 67.6 Å². The molecule has 1 saturated heterocycles. The van der Waals surface area contributed by atoms with E-state index in [1.807, 2.05) is 97.9 Å². The first-order valence-corrected chi connectivity index (χ1v) is 17.4. The van der Waals surface area contributed by atoms with E-state index in [0.29, 0.717) is 30.1 Å². The summed E-state index contributed by atoms with van der Waals surface area (Å²) in [6.45, 7) is 4.27. The fraction of sp³-hybridized carbons (Fsp3) is 0.233. The van der Waals surface area contributed by atoms with Crippen LogP contribution in [-0.4, -0.2) is 52.8 Å². The summed E-state index contributed by atoms with van der Waals surface area (Å²) in [6, 6.07) is 41.9. The number of fused-ring (bicyclic) bond motifs is 1. The topological polar surface area (TPSA) is 85.2 Å². The van der Waals surface area contributed by atoms with Crippen LogP contribution in [0, 0.1) is 6.92 Å². The predicted molar refractivity (Wildman–Crippen MR) is 200 cm³/mol. The van der Waals surface area contributed by atoms with E-state index < -0.39 is 18.1 Å². The molecular weight excluding hydrogens is 620 g/mol. The van der Waals surface area contributed by atoms with E-state index in [1.54, 1.807) is 0 Å². The number of carboxylic acid groups (broad SMARTS) is 1.